The molecule has 0 spiro atoms. The summed E-state index contributed by atoms with van der Waals surface area (Å²) < 4.78 is 8.04. The Bertz CT molecular complexity index is 1160. The molecule has 7 heteroatoms. The molecule has 0 bridgehead atoms. The topological polar surface area (TPSA) is 62.1 Å². The number of rotatable bonds is 6. The van der Waals surface area contributed by atoms with E-state index in [1.54, 1.807) is 12.1 Å². The maximum atomic E-state index is 12.7. The maximum Gasteiger partial charge on any atom is 0.266 e. The van der Waals surface area contributed by atoms with Crippen LogP contribution in [0.1, 0.15) is 16.7 Å². The van der Waals surface area contributed by atoms with Gasteiger partial charge in [-0.15, -0.1) is 0 Å². The minimum Gasteiger partial charge on any atom is -0.488 e. The van der Waals surface area contributed by atoms with Crippen LogP contribution < -0.4 is 10.1 Å². The minimum atomic E-state index is -0.492. The smallest absolute Gasteiger partial charge is 0.266 e. The lowest BCUT2D eigenvalue weighted by molar-refractivity contribution is -0.112. The van der Waals surface area contributed by atoms with E-state index in [0.29, 0.717) is 23.6 Å². The van der Waals surface area contributed by atoms with E-state index in [4.69, 9.17) is 4.74 Å². The molecule has 156 valence electrons. The van der Waals surface area contributed by atoms with Gasteiger partial charge in [0.1, 0.15) is 24.0 Å². The van der Waals surface area contributed by atoms with Crippen molar-refractivity contribution in [1.82, 2.24) is 0 Å². The standard InChI is InChI=1S/C24H17Br3N2O2/c1-15-9-20(26)23(21(27)10-15)29-24(30)18(13-28)11-17-7-8-22(19(25)12-17)31-14-16-5-3-2-4-6-16/h2-12H,14H2,1H3,(H,29,30)/b18-11+. The number of hydrogen-bond acceptors (Lipinski definition) is 3. The number of halogens is 3. The molecule has 1 amide bonds. The zero-order valence-corrected chi connectivity index (χ0v) is 21.2. The van der Waals surface area contributed by atoms with Crippen LogP contribution in [0.3, 0.4) is 0 Å². The average molecular weight is 605 g/mol. The van der Waals surface area contributed by atoms with Crippen molar-refractivity contribution in [2.45, 2.75) is 13.5 Å². The number of aryl methyl sites for hydroxylation is 1. The van der Waals surface area contributed by atoms with Crippen LogP contribution in [0.5, 0.6) is 5.75 Å². The molecule has 0 saturated heterocycles. The molecule has 3 aromatic carbocycles. The third kappa shape index (κ3) is 6.30. The van der Waals surface area contributed by atoms with Gasteiger partial charge in [-0.25, -0.2) is 0 Å². The summed E-state index contributed by atoms with van der Waals surface area (Å²) in [5, 5.41) is 12.3. The van der Waals surface area contributed by atoms with Gasteiger partial charge in [-0.3, -0.25) is 4.79 Å². The van der Waals surface area contributed by atoms with E-state index in [9.17, 15) is 10.1 Å². The van der Waals surface area contributed by atoms with Crippen molar-refractivity contribution in [3.8, 4) is 11.8 Å². The van der Waals surface area contributed by atoms with Gasteiger partial charge in [-0.1, -0.05) is 36.4 Å². The molecular weight excluding hydrogens is 588 g/mol. The van der Waals surface area contributed by atoms with Crippen LogP contribution in [0.2, 0.25) is 0 Å². The van der Waals surface area contributed by atoms with Crippen LogP contribution in [-0.4, -0.2) is 5.91 Å². The number of benzene rings is 3. The Morgan fingerprint density at radius 3 is 2.32 bits per heavy atom. The Hall–Kier alpha value is -2.40. The lowest BCUT2D eigenvalue weighted by atomic mass is 10.1. The summed E-state index contributed by atoms with van der Waals surface area (Å²) in [6, 6.07) is 21.0. The second-order valence-corrected chi connectivity index (χ2v) is 9.25. The number of nitrogens with one attached hydrogen (secondary N) is 1. The monoisotopic (exact) mass is 602 g/mol. The molecule has 0 atom stereocenters. The molecular formula is C24H17Br3N2O2. The van der Waals surface area contributed by atoms with E-state index in [1.807, 2.05) is 61.5 Å². The number of hydrogen-bond donors (Lipinski definition) is 1. The largest absolute Gasteiger partial charge is 0.488 e. The lowest BCUT2D eigenvalue weighted by Gasteiger charge is -2.11. The highest BCUT2D eigenvalue weighted by molar-refractivity contribution is 9.11. The molecule has 1 N–H and O–H groups in total. The van der Waals surface area contributed by atoms with Crippen molar-refractivity contribution in [2.75, 3.05) is 5.32 Å². The van der Waals surface area contributed by atoms with Crippen LogP contribution in [0.25, 0.3) is 6.08 Å². The highest BCUT2D eigenvalue weighted by atomic mass is 79.9. The van der Waals surface area contributed by atoms with Gasteiger partial charge in [-0.2, -0.15) is 5.26 Å². The van der Waals surface area contributed by atoms with Gasteiger partial charge in [0.05, 0.1) is 10.2 Å². The van der Waals surface area contributed by atoms with Crippen LogP contribution in [0.15, 0.2) is 79.7 Å². The summed E-state index contributed by atoms with van der Waals surface area (Å²) in [5.74, 6) is 0.185. The zero-order valence-electron chi connectivity index (χ0n) is 16.5. The summed E-state index contributed by atoms with van der Waals surface area (Å²) in [7, 11) is 0. The average Bonchev–Trinajstić information content (AvgIpc) is 2.74. The maximum absolute atomic E-state index is 12.7. The molecule has 0 saturated carbocycles. The number of carbonyl (C=O) groups is 1. The van der Waals surface area contributed by atoms with Gasteiger partial charge in [0, 0.05) is 8.95 Å². The Morgan fingerprint density at radius 1 is 1.03 bits per heavy atom. The van der Waals surface area contributed by atoms with E-state index < -0.39 is 5.91 Å². The predicted molar refractivity (Wildman–Crippen MR) is 134 cm³/mol. The molecule has 3 rings (SSSR count). The van der Waals surface area contributed by atoms with E-state index in [2.05, 4.69) is 53.1 Å². The Labute approximate surface area is 206 Å². The van der Waals surface area contributed by atoms with E-state index in [-0.39, 0.29) is 5.57 Å². The van der Waals surface area contributed by atoms with Crippen LogP contribution in [0, 0.1) is 18.3 Å². The van der Waals surface area contributed by atoms with Crippen molar-refractivity contribution in [1.29, 1.82) is 5.26 Å². The lowest BCUT2D eigenvalue weighted by Crippen LogP contribution is -2.14. The van der Waals surface area contributed by atoms with Crippen molar-refractivity contribution < 1.29 is 9.53 Å². The molecule has 0 fully saturated rings. The molecule has 31 heavy (non-hydrogen) atoms. The number of ether oxygens (including phenoxy) is 1. The van der Waals surface area contributed by atoms with Gasteiger partial charge in [0.15, 0.2) is 0 Å². The van der Waals surface area contributed by atoms with Crippen LogP contribution in [0.4, 0.5) is 5.69 Å². The SMILES string of the molecule is Cc1cc(Br)c(NC(=O)/C(C#N)=C/c2ccc(OCc3ccccc3)c(Br)c2)c(Br)c1. The van der Waals surface area contributed by atoms with E-state index in [0.717, 1.165) is 24.5 Å². The quantitative estimate of drug-likeness (QED) is 0.235. The van der Waals surface area contributed by atoms with Crippen molar-refractivity contribution in [3.05, 3.63) is 96.3 Å². The first-order valence-corrected chi connectivity index (χ1v) is 11.6. The Kier molecular flexibility index (Phi) is 8.08. The number of amides is 1. The summed E-state index contributed by atoms with van der Waals surface area (Å²) >= 11 is 10.4. The molecule has 0 aliphatic heterocycles. The van der Waals surface area contributed by atoms with E-state index in [1.165, 1.54) is 6.08 Å². The minimum absolute atomic E-state index is 0.00997. The van der Waals surface area contributed by atoms with Crippen LogP contribution in [-0.2, 0) is 11.4 Å². The van der Waals surface area contributed by atoms with Gasteiger partial charge in [0.25, 0.3) is 5.91 Å². The van der Waals surface area contributed by atoms with Gasteiger partial charge in [-0.05, 0) is 102 Å². The number of nitrogens with zero attached hydrogens (tertiary/aromatic N) is 1. The number of anilines is 1. The molecule has 0 radical (unpaired) electrons. The number of nitriles is 1. The van der Waals surface area contributed by atoms with Gasteiger partial charge in [0.2, 0.25) is 0 Å². The zero-order chi connectivity index (χ0) is 22.4. The fourth-order valence-corrected chi connectivity index (χ4v) is 4.90. The summed E-state index contributed by atoms with van der Waals surface area (Å²) in [6.45, 7) is 2.40. The fraction of sp³-hybridized carbons (Fsp3) is 0.0833. The Balaban J connectivity index is 1.75. The molecule has 3 aromatic rings. The second kappa shape index (κ2) is 10.8. The third-order valence-electron chi connectivity index (χ3n) is 4.29. The Morgan fingerprint density at radius 2 is 1.71 bits per heavy atom. The predicted octanol–water partition coefficient (Wildman–Crippen LogP) is 7.41. The fourth-order valence-electron chi connectivity index (χ4n) is 2.77. The third-order valence-corrected chi connectivity index (χ3v) is 6.16. The second-order valence-electron chi connectivity index (χ2n) is 6.69. The molecule has 0 heterocycles. The molecule has 0 aliphatic carbocycles. The first-order chi connectivity index (χ1) is 14.9. The van der Waals surface area contributed by atoms with Gasteiger partial charge < -0.3 is 10.1 Å². The van der Waals surface area contributed by atoms with Crippen molar-refractivity contribution >= 4 is 65.5 Å². The number of carbonyl (C=O) groups excluding carboxylic acids is 1. The molecule has 0 aliphatic rings. The first kappa shape index (κ1) is 23.3. The first-order valence-electron chi connectivity index (χ1n) is 9.22. The normalized spacial score (nSPS) is 11.0. The highest BCUT2D eigenvalue weighted by Gasteiger charge is 2.14. The molecule has 0 unspecified atom stereocenters. The summed E-state index contributed by atoms with van der Waals surface area (Å²) in [5.41, 5.74) is 3.36. The molecule has 4 nitrogen and oxygen atoms in total. The van der Waals surface area contributed by atoms with Crippen molar-refractivity contribution in [2.24, 2.45) is 0 Å². The summed E-state index contributed by atoms with van der Waals surface area (Å²) in [4.78, 5) is 12.7. The van der Waals surface area contributed by atoms with E-state index >= 15 is 0 Å². The molecule has 0 aromatic heterocycles. The van der Waals surface area contributed by atoms with Crippen molar-refractivity contribution in [3.63, 3.8) is 0 Å². The summed E-state index contributed by atoms with van der Waals surface area (Å²) in [6.07, 6.45) is 1.54. The van der Waals surface area contributed by atoms with Gasteiger partial charge >= 0.3 is 0 Å². The van der Waals surface area contributed by atoms with Crippen LogP contribution >= 0.6 is 47.8 Å². The highest BCUT2D eigenvalue weighted by Crippen LogP contribution is 2.33.